The normalized spacial score (nSPS) is 13.4. The van der Waals surface area contributed by atoms with Crippen molar-refractivity contribution in [3.05, 3.63) is 0 Å². The molecule has 0 aliphatic carbocycles. The van der Waals surface area contributed by atoms with Gasteiger partial charge >= 0.3 is 0 Å². The summed E-state index contributed by atoms with van der Waals surface area (Å²) < 4.78 is 23.2. The highest BCUT2D eigenvalue weighted by Crippen LogP contribution is 2.03. The molecule has 0 aromatic heterocycles. The van der Waals surface area contributed by atoms with E-state index in [4.69, 9.17) is 0 Å². The minimum atomic E-state index is -2.03. The first kappa shape index (κ1) is 14.1. The number of hydrogen-bond donors (Lipinski definition) is 0. The molecule has 0 aliphatic heterocycles. The van der Waals surface area contributed by atoms with Gasteiger partial charge in [0.2, 0.25) is 0 Å². The van der Waals surface area contributed by atoms with Crippen LogP contribution in [0, 0.1) is 0 Å². The lowest BCUT2D eigenvalue weighted by atomic mass is 10.2. The van der Waals surface area contributed by atoms with E-state index >= 15 is 0 Å². The smallest absolute Gasteiger partial charge is 0.0209 e. The van der Waals surface area contributed by atoms with E-state index in [-0.39, 0.29) is 0 Å². The molecule has 0 heterocycles. The maximum absolute atomic E-state index is 10.8. The summed E-state index contributed by atoms with van der Waals surface area (Å²) in [6.07, 6.45) is 6.46. The van der Waals surface area contributed by atoms with Gasteiger partial charge in [0.1, 0.15) is 0 Å². The van der Waals surface area contributed by atoms with Crippen molar-refractivity contribution < 1.29 is 8.76 Å². The Morgan fingerprint density at radius 2 is 1.43 bits per heavy atom. The summed E-state index contributed by atoms with van der Waals surface area (Å²) in [4.78, 5) is 0. The average molecular weight is 220 g/mol. The van der Waals surface area contributed by atoms with Gasteiger partial charge in [-0.25, -0.2) is 4.31 Å². The van der Waals surface area contributed by atoms with E-state index in [9.17, 15) is 8.76 Å². The van der Waals surface area contributed by atoms with Gasteiger partial charge in [-0.2, -0.15) is 0 Å². The Labute approximate surface area is 90.3 Å². The van der Waals surface area contributed by atoms with Crippen LogP contribution in [0.1, 0.15) is 52.4 Å². The summed E-state index contributed by atoms with van der Waals surface area (Å²) in [5.74, 6) is 0. The van der Waals surface area contributed by atoms with E-state index in [1.54, 1.807) is 4.31 Å². The van der Waals surface area contributed by atoms with Crippen LogP contribution in [0.15, 0.2) is 0 Å². The molecule has 0 fully saturated rings. The van der Waals surface area contributed by atoms with E-state index in [1.807, 2.05) is 0 Å². The lowest BCUT2D eigenvalue weighted by molar-refractivity contribution is 0.370. The monoisotopic (exact) mass is 220 g/mol. The number of nitrogens with zero attached hydrogens (tertiary/aromatic N) is 1. The van der Waals surface area contributed by atoms with Gasteiger partial charge in [0.25, 0.3) is 0 Å². The molecule has 0 aromatic rings. The highest BCUT2D eigenvalue weighted by molar-refractivity contribution is 7.76. The fraction of sp³-hybridized carbons (Fsp3) is 1.00. The molecule has 0 saturated carbocycles. The Balaban J connectivity index is 3.61. The fourth-order valence-electron chi connectivity index (χ4n) is 1.34. The summed E-state index contributed by atoms with van der Waals surface area (Å²) in [7, 11) is 0. The molecule has 3 nitrogen and oxygen atoms in total. The van der Waals surface area contributed by atoms with Gasteiger partial charge in [0.05, 0.1) is 0 Å². The van der Waals surface area contributed by atoms with E-state index in [0.29, 0.717) is 13.1 Å². The minimum absolute atomic E-state index is 0.688. The molecular formula is C10H22NO2S-. The molecule has 0 N–H and O–H groups in total. The van der Waals surface area contributed by atoms with Gasteiger partial charge in [-0.15, -0.1) is 0 Å². The second-order valence-electron chi connectivity index (χ2n) is 3.56. The quantitative estimate of drug-likeness (QED) is 0.442. The van der Waals surface area contributed by atoms with Crippen LogP contribution in [0.5, 0.6) is 0 Å². The second kappa shape index (κ2) is 9.62. The van der Waals surface area contributed by atoms with Crippen LogP contribution in [0.3, 0.4) is 0 Å². The highest BCUT2D eigenvalue weighted by Gasteiger charge is 2.03. The molecule has 0 saturated heterocycles. The van der Waals surface area contributed by atoms with Gasteiger partial charge in [0, 0.05) is 24.4 Å². The van der Waals surface area contributed by atoms with E-state index in [2.05, 4.69) is 13.8 Å². The molecule has 0 amide bonds. The third-order valence-corrected chi connectivity index (χ3v) is 3.02. The molecule has 0 radical (unpaired) electrons. The number of unbranched alkanes of at least 4 members (excludes halogenated alkanes) is 4. The molecule has 0 rings (SSSR count). The topological polar surface area (TPSA) is 43.4 Å². The SMILES string of the molecule is CCCCCN(CCCCC)S(=O)[O-]. The molecule has 14 heavy (non-hydrogen) atoms. The average Bonchev–Trinajstić information content (AvgIpc) is 2.15. The zero-order valence-electron chi connectivity index (χ0n) is 9.33. The van der Waals surface area contributed by atoms with Crippen molar-refractivity contribution in [3.63, 3.8) is 0 Å². The largest absolute Gasteiger partial charge is 0.760 e. The summed E-state index contributed by atoms with van der Waals surface area (Å²) in [5.41, 5.74) is 0. The van der Waals surface area contributed by atoms with Crippen molar-refractivity contribution in [1.29, 1.82) is 0 Å². The van der Waals surface area contributed by atoms with E-state index < -0.39 is 11.3 Å². The maximum Gasteiger partial charge on any atom is 0.0209 e. The van der Waals surface area contributed by atoms with Crippen LogP contribution in [0.25, 0.3) is 0 Å². The predicted octanol–water partition coefficient (Wildman–Crippen LogP) is 2.46. The van der Waals surface area contributed by atoms with Crippen molar-refractivity contribution in [2.45, 2.75) is 52.4 Å². The zero-order valence-corrected chi connectivity index (χ0v) is 10.1. The van der Waals surface area contributed by atoms with Crippen LogP contribution >= 0.6 is 0 Å². The molecule has 0 bridgehead atoms. The first-order valence-electron chi connectivity index (χ1n) is 5.56. The molecule has 86 valence electrons. The van der Waals surface area contributed by atoms with E-state index in [1.165, 1.54) is 0 Å². The molecule has 4 heteroatoms. The lowest BCUT2D eigenvalue weighted by Crippen LogP contribution is -2.28. The van der Waals surface area contributed by atoms with Crippen molar-refractivity contribution in [2.24, 2.45) is 0 Å². The van der Waals surface area contributed by atoms with Gasteiger partial charge in [-0.3, -0.25) is 4.21 Å². The summed E-state index contributed by atoms with van der Waals surface area (Å²) in [5, 5.41) is 0. The summed E-state index contributed by atoms with van der Waals surface area (Å²) in [6, 6.07) is 0. The summed E-state index contributed by atoms with van der Waals surface area (Å²) >= 11 is -2.03. The molecular weight excluding hydrogens is 198 g/mol. The maximum atomic E-state index is 10.8. The van der Waals surface area contributed by atoms with Gasteiger partial charge in [-0.1, -0.05) is 39.5 Å². The van der Waals surface area contributed by atoms with Gasteiger partial charge in [-0.05, 0) is 12.8 Å². The Bertz CT molecular complexity index is 143. The number of rotatable bonds is 9. The van der Waals surface area contributed by atoms with Crippen LogP contribution in [-0.4, -0.2) is 26.2 Å². The third kappa shape index (κ3) is 7.47. The van der Waals surface area contributed by atoms with Crippen LogP contribution in [0.4, 0.5) is 0 Å². The van der Waals surface area contributed by atoms with Crippen LogP contribution < -0.4 is 0 Å². The third-order valence-electron chi connectivity index (χ3n) is 2.23. The molecule has 0 aliphatic rings. The Hall–Kier alpha value is 0.0700. The first-order chi connectivity index (χ1) is 6.72. The van der Waals surface area contributed by atoms with Gasteiger partial charge in [0.15, 0.2) is 0 Å². The van der Waals surface area contributed by atoms with Crippen LogP contribution in [-0.2, 0) is 11.3 Å². The lowest BCUT2D eigenvalue weighted by Gasteiger charge is -2.23. The minimum Gasteiger partial charge on any atom is -0.760 e. The predicted molar refractivity (Wildman–Crippen MR) is 59.5 cm³/mol. The number of hydrogen-bond acceptors (Lipinski definition) is 2. The standard InChI is InChI=1S/C10H23NO2S/c1-3-5-7-9-11(14(12)13)10-8-6-4-2/h3-10H2,1-2H3,(H,12,13)/p-1. The van der Waals surface area contributed by atoms with Crippen molar-refractivity contribution in [3.8, 4) is 0 Å². The first-order valence-corrected chi connectivity index (χ1v) is 6.59. The van der Waals surface area contributed by atoms with Crippen molar-refractivity contribution >= 4 is 11.3 Å². The molecule has 1 atom stereocenters. The Kier molecular flexibility index (Phi) is 9.67. The second-order valence-corrected chi connectivity index (χ2v) is 4.51. The molecule has 0 aromatic carbocycles. The van der Waals surface area contributed by atoms with E-state index in [0.717, 1.165) is 38.5 Å². The molecule has 1 unspecified atom stereocenters. The fourth-order valence-corrected chi connectivity index (χ4v) is 1.89. The van der Waals surface area contributed by atoms with Crippen molar-refractivity contribution in [1.82, 2.24) is 4.31 Å². The van der Waals surface area contributed by atoms with Crippen LogP contribution in [0.2, 0.25) is 0 Å². The highest BCUT2D eigenvalue weighted by atomic mass is 32.2. The Morgan fingerprint density at radius 1 is 1.00 bits per heavy atom. The van der Waals surface area contributed by atoms with Crippen molar-refractivity contribution in [2.75, 3.05) is 13.1 Å². The zero-order chi connectivity index (χ0) is 10.8. The Morgan fingerprint density at radius 3 is 1.71 bits per heavy atom. The summed E-state index contributed by atoms with van der Waals surface area (Å²) in [6.45, 7) is 5.62. The molecule has 0 spiro atoms. The van der Waals surface area contributed by atoms with Gasteiger partial charge < -0.3 is 4.55 Å².